The topological polar surface area (TPSA) is 76.0 Å². The van der Waals surface area contributed by atoms with Crippen LogP contribution in [-0.2, 0) is 0 Å². The first kappa shape index (κ1) is 13.4. The first-order valence-electron chi connectivity index (χ1n) is 5.34. The molecule has 0 bridgehead atoms. The van der Waals surface area contributed by atoms with Crippen LogP contribution in [0.5, 0.6) is 0 Å². The van der Waals surface area contributed by atoms with Crippen molar-refractivity contribution in [3.63, 3.8) is 0 Å². The lowest BCUT2D eigenvalue weighted by atomic mass is 10.1. The zero-order chi connectivity index (χ0) is 14.0. The molecule has 2 heterocycles. The Morgan fingerprint density at radius 1 is 1.32 bits per heavy atom. The number of rotatable bonds is 3. The van der Waals surface area contributed by atoms with Crippen LogP contribution in [-0.4, -0.2) is 26.0 Å². The van der Waals surface area contributed by atoms with Crippen LogP contribution in [0.3, 0.4) is 0 Å². The standard InChI is InChI=1S/C12H10FN3O2S/c1-6-3-7(2)16-10(9(6)11(17)18)19-12-14-4-8(13)5-15-12/h3-5H,1-2H3,(H,17,18). The molecule has 0 radical (unpaired) electrons. The van der Waals surface area contributed by atoms with Crippen LogP contribution >= 0.6 is 11.8 Å². The number of pyridine rings is 1. The van der Waals surface area contributed by atoms with E-state index in [1.165, 1.54) is 0 Å². The number of aryl methyl sites for hydroxylation is 2. The number of nitrogens with zero attached hydrogens (tertiary/aromatic N) is 3. The highest BCUT2D eigenvalue weighted by molar-refractivity contribution is 7.99. The van der Waals surface area contributed by atoms with Gasteiger partial charge in [0.15, 0.2) is 11.0 Å². The van der Waals surface area contributed by atoms with Crippen LogP contribution < -0.4 is 0 Å². The number of aromatic carboxylic acids is 1. The number of aromatic nitrogens is 3. The predicted molar refractivity (Wildman–Crippen MR) is 66.8 cm³/mol. The Balaban J connectivity index is 2.44. The van der Waals surface area contributed by atoms with E-state index in [2.05, 4.69) is 15.0 Å². The van der Waals surface area contributed by atoms with Crippen LogP contribution in [0.1, 0.15) is 21.6 Å². The number of hydrogen-bond donors (Lipinski definition) is 1. The van der Waals surface area contributed by atoms with E-state index in [1.807, 2.05) is 0 Å². The quantitative estimate of drug-likeness (QED) is 0.870. The smallest absolute Gasteiger partial charge is 0.338 e. The van der Waals surface area contributed by atoms with E-state index in [4.69, 9.17) is 0 Å². The Kier molecular flexibility index (Phi) is 3.75. The van der Waals surface area contributed by atoms with Crippen LogP contribution in [0, 0.1) is 19.7 Å². The van der Waals surface area contributed by atoms with Crippen molar-refractivity contribution >= 4 is 17.7 Å². The van der Waals surface area contributed by atoms with E-state index in [-0.39, 0.29) is 10.7 Å². The molecular weight excluding hydrogens is 269 g/mol. The second kappa shape index (κ2) is 5.31. The highest BCUT2D eigenvalue weighted by Crippen LogP contribution is 2.28. The molecule has 2 rings (SSSR count). The van der Waals surface area contributed by atoms with Crippen molar-refractivity contribution in [3.05, 3.63) is 41.1 Å². The lowest BCUT2D eigenvalue weighted by molar-refractivity contribution is 0.0691. The van der Waals surface area contributed by atoms with Crippen LogP contribution in [0.25, 0.3) is 0 Å². The van der Waals surface area contributed by atoms with E-state index in [0.29, 0.717) is 16.3 Å². The molecule has 98 valence electrons. The summed E-state index contributed by atoms with van der Waals surface area (Å²) >= 11 is 0.999. The zero-order valence-electron chi connectivity index (χ0n) is 10.2. The van der Waals surface area contributed by atoms with Gasteiger partial charge in [0.05, 0.1) is 18.0 Å². The van der Waals surface area contributed by atoms with Crippen molar-refractivity contribution in [2.45, 2.75) is 24.0 Å². The maximum atomic E-state index is 12.7. The molecule has 0 aliphatic carbocycles. The van der Waals surface area contributed by atoms with Crippen LogP contribution in [0.2, 0.25) is 0 Å². The van der Waals surface area contributed by atoms with Crippen molar-refractivity contribution in [2.75, 3.05) is 0 Å². The van der Waals surface area contributed by atoms with Gasteiger partial charge in [0.25, 0.3) is 0 Å². The van der Waals surface area contributed by atoms with Gasteiger partial charge in [-0.25, -0.2) is 24.1 Å². The number of carbonyl (C=O) groups is 1. The van der Waals surface area contributed by atoms with E-state index in [9.17, 15) is 14.3 Å². The monoisotopic (exact) mass is 279 g/mol. The summed E-state index contributed by atoms with van der Waals surface area (Å²) in [5, 5.41) is 9.76. The number of carboxylic acids is 1. The van der Waals surface area contributed by atoms with Crippen molar-refractivity contribution in [2.24, 2.45) is 0 Å². The molecule has 0 atom stereocenters. The summed E-state index contributed by atoms with van der Waals surface area (Å²) < 4.78 is 12.7. The van der Waals surface area contributed by atoms with Crippen molar-refractivity contribution < 1.29 is 14.3 Å². The molecule has 0 aromatic carbocycles. The van der Waals surface area contributed by atoms with Gasteiger partial charge < -0.3 is 5.11 Å². The van der Waals surface area contributed by atoms with E-state index < -0.39 is 11.8 Å². The first-order valence-corrected chi connectivity index (χ1v) is 6.16. The minimum Gasteiger partial charge on any atom is -0.478 e. The number of hydrogen-bond acceptors (Lipinski definition) is 5. The Morgan fingerprint density at radius 3 is 2.53 bits per heavy atom. The van der Waals surface area contributed by atoms with Gasteiger partial charge in [-0.05, 0) is 37.2 Å². The average molecular weight is 279 g/mol. The third-order valence-corrected chi connectivity index (χ3v) is 3.19. The highest BCUT2D eigenvalue weighted by Gasteiger charge is 2.17. The van der Waals surface area contributed by atoms with E-state index >= 15 is 0 Å². The van der Waals surface area contributed by atoms with Gasteiger partial charge in [-0.1, -0.05) is 0 Å². The molecule has 2 aromatic heterocycles. The third kappa shape index (κ3) is 3.05. The van der Waals surface area contributed by atoms with Crippen molar-refractivity contribution in [1.82, 2.24) is 15.0 Å². The predicted octanol–water partition coefficient (Wildman–Crippen LogP) is 2.48. The largest absolute Gasteiger partial charge is 0.478 e. The van der Waals surface area contributed by atoms with Crippen LogP contribution in [0.4, 0.5) is 4.39 Å². The minimum atomic E-state index is -1.06. The van der Waals surface area contributed by atoms with Crippen molar-refractivity contribution in [3.8, 4) is 0 Å². The molecule has 0 aliphatic heterocycles. The molecule has 0 saturated heterocycles. The Labute approximate surface area is 112 Å². The Morgan fingerprint density at radius 2 is 1.95 bits per heavy atom. The molecule has 1 N–H and O–H groups in total. The van der Waals surface area contributed by atoms with E-state index in [1.54, 1.807) is 19.9 Å². The van der Waals surface area contributed by atoms with Crippen molar-refractivity contribution in [1.29, 1.82) is 0 Å². The second-order valence-electron chi connectivity index (χ2n) is 3.85. The lowest BCUT2D eigenvalue weighted by Gasteiger charge is -2.08. The molecule has 0 fully saturated rings. The summed E-state index contributed by atoms with van der Waals surface area (Å²) in [6.45, 7) is 3.47. The maximum Gasteiger partial charge on any atom is 0.338 e. The fraction of sp³-hybridized carbons (Fsp3) is 0.167. The van der Waals surface area contributed by atoms with Gasteiger partial charge in [0.1, 0.15) is 5.03 Å². The van der Waals surface area contributed by atoms with Gasteiger partial charge in [0, 0.05) is 5.69 Å². The maximum absolute atomic E-state index is 12.7. The van der Waals surface area contributed by atoms with Gasteiger partial charge in [-0.3, -0.25) is 0 Å². The van der Waals surface area contributed by atoms with Gasteiger partial charge in [-0.2, -0.15) is 0 Å². The summed E-state index contributed by atoms with van der Waals surface area (Å²) in [4.78, 5) is 23.0. The molecule has 2 aromatic rings. The summed E-state index contributed by atoms with van der Waals surface area (Å²) in [7, 11) is 0. The Bertz CT molecular complexity index is 632. The normalized spacial score (nSPS) is 10.5. The third-order valence-electron chi connectivity index (χ3n) is 2.31. The van der Waals surface area contributed by atoms with Gasteiger partial charge >= 0.3 is 5.97 Å². The summed E-state index contributed by atoms with van der Waals surface area (Å²) in [5.74, 6) is -1.61. The fourth-order valence-electron chi connectivity index (χ4n) is 1.58. The van der Waals surface area contributed by atoms with Crippen LogP contribution in [0.15, 0.2) is 28.6 Å². The molecule has 0 spiro atoms. The lowest BCUT2D eigenvalue weighted by Crippen LogP contribution is -2.05. The number of carboxylic acid groups (broad SMARTS) is 1. The summed E-state index contributed by atoms with van der Waals surface area (Å²) in [6.07, 6.45) is 2.05. The molecule has 5 nitrogen and oxygen atoms in total. The molecule has 0 aliphatic rings. The Hall–Kier alpha value is -2.02. The molecule has 7 heteroatoms. The summed E-state index contributed by atoms with van der Waals surface area (Å²) in [6, 6.07) is 1.69. The SMILES string of the molecule is Cc1cc(C)c(C(=O)O)c(Sc2ncc(F)cn2)n1. The summed E-state index contributed by atoms with van der Waals surface area (Å²) in [5.41, 5.74) is 1.43. The zero-order valence-corrected chi connectivity index (χ0v) is 11.0. The molecule has 0 saturated carbocycles. The van der Waals surface area contributed by atoms with E-state index in [0.717, 1.165) is 24.2 Å². The molecule has 0 amide bonds. The molecular formula is C12H10FN3O2S. The molecule has 19 heavy (non-hydrogen) atoms. The fourth-order valence-corrected chi connectivity index (χ4v) is 2.50. The minimum absolute atomic E-state index is 0.114. The van der Waals surface area contributed by atoms with Gasteiger partial charge in [0.2, 0.25) is 0 Å². The highest BCUT2D eigenvalue weighted by atomic mass is 32.2. The van der Waals surface area contributed by atoms with Gasteiger partial charge in [-0.15, -0.1) is 0 Å². The number of halogens is 1. The first-order chi connectivity index (χ1) is 8.97. The molecule has 0 unspecified atom stereocenters. The average Bonchev–Trinajstić information content (AvgIpc) is 2.30. The second-order valence-corrected chi connectivity index (χ2v) is 4.81.